The summed E-state index contributed by atoms with van der Waals surface area (Å²) in [5.74, 6) is -0.293. The molecule has 3 rings (SSSR count). The number of carbonyl (C=O) groups excluding carboxylic acids is 1. The van der Waals surface area contributed by atoms with Crippen molar-refractivity contribution in [3.05, 3.63) is 63.6 Å². The minimum absolute atomic E-state index is 0.226. The number of hydrogen-bond acceptors (Lipinski definition) is 4. The number of amides is 1. The van der Waals surface area contributed by atoms with E-state index in [0.29, 0.717) is 41.9 Å². The molecule has 6 nitrogen and oxygen atoms in total. The topological polar surface area (TPSA) is 75.7 Å². The van der Waals surface area contributed by atoms with Crippen molar-refractivity contribution in [2.24, 2.45) is 0 Å². The number of carbonyl (C=O) groups is 1. The Hall–Kier alpha value is -1.64. The summed E-state index contributed by atoms with van der Waals surface area (Å²) >= 11 is 11.8. The van der Waals surface area contributed by atoms with Gasteiger partial charge in [0.25, 0.3) is 5.91 Å². The van der Waals surface area contributed by atoms with E-state index < -0.39 is 10.0 Å². The molecule has 27 heavy (non-hydrogen) atoms. The van der Waals surface area contributed by atoms with E-state index in [1.165, 1.54) is 10.4 Å². The van der Waals surface area contributed by atoms with Gasteiger partial charge in [-0.3, -0.25) is 4.79 Å². The first-order chi connectivity index (χ1) is 12.9. The van der Waals surface area contributed by atoms with Gasteiger partial charge in [-0.05, 0) is 35.9 Å². The third-order valence-corrected chi connectivity index (χ3v) is 6.82. The van der Waals surface area contributed by atoms with Crippen molar-refractivity contribution in [2.45, 2.75) is 11.4 Å². The zero-order valence-corrected chi connectivity index (χ0v) is 16.6. The average Bonchev–Trinajstić information content (AvgIpc) is 2.69. The second-order valence-electron chi connectivity index (χ2n) is 5.97. The van der Waals surface area contributed by atoms with Gasteiger partial charge in [0.1, 0.15) is 0 Å². The third-order valence-electron chi connectivity index (χ3n) is 4.17. The van der Waals surface area contributed by atoms with Gasteiger partial charge in [0.2, 0.25) is 10.0 Å². The molecule has 0 saturated carbocycles. The standard InChI is InChI=1S/C18H18Cl2N2O4S/c19-16-6-3-14(11-17(16)20)18(23)21-12-13-1-4-15(5-2-13)27(24,25)22-7-9-26-10-8-22/h1-6,11H,7-10,12H2,(H,21,23). The van der Waals surface area contributed by atoms with E-state index in [9.17, 15) is 13.2 Å². The molecule has 1 aliphatic rings. The van der Waals surface area contributed by atoms with E-state index in [2.05, 4.69) is 5.32 Å². The molecular formula is C18H18Cl2N2O4S. The number of morpholine rings is 1. The van der Waals surface area contributed by atoms with Crippen LogP contribution in [-0.4, -0.2) is 44.9 Å². The van der Waals surface area contributed by atoms with Gasteiger partial charge in [0, 0.05) is 25.2 Å². The van der Waals surface area contributed by atoms with Gasteiger partial charge in [0.05, 0.1) is 28.2 Å². The van der Waals surface area contributed by atoms with Crippen LogP contribution in [0.2, 0.25) is 10.0 Å². The fraction of sp³-hybridized carbons (Fsp3) is 0.278. The molecule has 0 aliphatic carbocycles. The summed E-state index contributed by atoms with van der Waals surface area (Å²) in [6.45, 7) is 1.76. The highest BCUT2D eigenvalue weighted by Gasteiger charge is 2.26. The first-order valence-corrected chi connectivity index (χ1v) is 10.5. The Morgan fingerprint density at radius 3 is 2.33 bits per heavy atom. The van der Waals surface area contributed by atoms with Crippen molar-refractivity contribution in [3.8, 4) is 0 Å². The average molecular weight is 429 g/mol. The van der Waals surface area contributed by atoms with Crippen LogP contribution in [0.25, 0.3) is 0 Å². The predicted octanol–water partition coefficient (Wildman–Crippen LogP) is 2.94. The highest BCUT2D eigenvalue weighted by atomic mass is 35.5. The fourth-order valence-corrected chi connectivity index (χ4v) is 4.34. The summed E-state index contributed by atoms with van der Waals surface area (Å²) in [7, 11) is -3.52. The molecule has 1 amide bonds. The minimum atomic E-state index is -3.52. The molecule has 1 fully saturated rings. The van der Waals surface area contributed by atoms with Crippen LogP contribution in [-0.2, 0) is 21.3 Å². The van der Waals surface area contributed by atoms with Crippen LogP contribution in [0, 0.1) is 0 Å². The molecule has 0 unspecified atom stereocenters. The maximum atomic E-state index is 12.6. The number of nitrogens with zero attached hydrogens (tertiary/aromatic N) is 1. The lowest BCUT2D eigenvalue weighted by atomic mass is 10.2. The number of halogens is 2. The van der Waals surface area contributed by atoms with Crippen LogP contribution in [0.1, 0.15) is 15.9 Å². The molecule has 2 aromatic rings. The van der Waals surface area contributed by atoms with Gasteiger partial charge in [-0.2, -0.15) is 4.31 Å². The van der Waals surface area contributed by atoms with Gasteiger partial charge < -0.3 is 10.1 Å². The molecule has 2 aromatic carbocycles. The lowest BCUT2D eigenvalue weighted by Crippen LogP contribution is -2.40. The van der Waals surface area contributed by atoms with E-state index in [0.717, 1.165) is 5.56 Å². The highest BCUT2D eigenvalue weighted by molar-refractivity contribution is 7.89. The second-order valence-corrected chi connectivity index (χ2v) is 8.72. The van der Waals surface area contributed by atoms with E-state index >= 15 is 0 Å². The number of ether oxygens (including phenoxy) is 1. The summed E-state index contributed by atoms with van der Waals surface area (Å²) in [4.78, 5) is 12.4. The Bertz CT molecular complexity index is 927. The molecule has 0 radical (unpaired) electrons. The van der Waals surface area contributed by atoms with Crippen molar-refractivity contribution in [3.63, 3.8) is 0 Å². The molecule has 1 aliphatic heterocycles. The van der Waals surface area contributed by atoms with Crippen LogP contribution >= 0.6 is 23.2 Å². The van der Waals surface area contributed by atoms with Gasteiger partial charge in [-0.25, -0.2) is 8.42 Å². The largest absolute Gasteiger partial charge is 0.379 e. The number of hydrogen-bond donors (Lipinski definition) is 1. The van der Waals surface area contributed by atoms with Crippen LogP contribution < -0.4 is 5.32 Å². The summed E-state index contributed by atoms with van der Waals surface area (Å²) < 4.78 is 31.8. The van der Waals surface area contributed by atoms with Crippen molar-refractivity contribution in [1.82, 2.24) is 9.62 Å². The van der Waals surface area contributed by atoms with Crippen molar-refractivity contribution < 1.29 is 17.9 Å². The van der Waals surface area contributed by atoms with E-state index in [-0.39, 0.29) is 17.3 Å². The minimum Gasteiger partial charge on any atom is -0.379 e. The zero-order chi connectivity index (χ0) is 19.4. The van der Waals surface area contributed by atoms with E-state index in [4.69, 9.17) is 27.9 Å². The Labute approximate surface area is 168 Å². The van der Waals surface area contributed by atoms with Crippen LogP contribution in [0.5, 0.6) is 0 Å². The molecule has 144 valence electrons. The number of rotatable bonds is 5. The van der Waals surface area contributed by atoms with Crippen molar-refractivity contribution >= 4 is 39.1 Å². The smallest absolute Gasteiger partial charge is 0.251 e. The maximum absolute atomic E-state index is 12.6. The second kappa shape index (κ2) is 8.58. The quantitative estimate of drug-likeness (QED) is 0.793. The Morgan fingerprint density at radius 1 is 1.04 bits per heavy atom. The predicted molar refractivity (Wildman–Crippen MR) is 104 cm³/mol. The van der Waals surface area contributed by atoms with Crippen molar-refractivity contribution in [1.29, 1.82) is 0 Å². The Kier molecular flexibility index (Phi) is 6.39. The molecule has 0 atom stereocenters. The first-order valence-electron chi connectivity index (χ1n) is 8.28. The summed E-state index contributed by atoms with van der Waals surface area (Å²) in [6, 6.07) is 11.1. The summed E-state index contributed by atoms with van der Waals surface area (Å²) in [5.41, 5.74) is 1.18. The third kappa shape index (κ3) is 4.80. The zero-order valence-electron chi connectivity index (χ0n) is 14.3. The van der Waals surface area contributed by atoms with Crippen LogP contribution in [0.4, 0.5) is 0 Å². The number of nitrogens with one attached hydrogen (secondary N) is 1. The van der Waals surface area contributed by atoms with Gasteiger partial charge in [0.15, 0.2) is 0 Å². The molecule has 0 aromatic heterocycles. The highest BCUT2D eigenvalue weighted by Crippen LogP contribution is 2.22. The Balaban J connectivity index is 1.63. The normalized spacial score (nSPS) is 15.5. The van der Waals surface area contributed by atoms with Crippen LogP contribution in [0.15, 0.2) is 47.4 Å². The lowest BCUT2D eigenvalue weighted by Gasteiger charge is -2.26. The van der Waals surface area contributed by atoms with E-state index in [1.54, 1.807) is 36.4 Å². The van der Waals surface area contributed by atoms with E-state index in [1.807, 2.05) is 0 Å². The molecule has 9 heteroatoms. The van der Waals surface area contributed by atoms with Gasteiger partial charge >= 0.3 is 0 Å². The molecule has 1 heterocycles. The fourth-order valence-electron chi connectivity index (χ4n) is 2.64. The van der Waals surface area contributed by atoms with Gasteiger partial charge in [-0.15, -0.1) is 0 Å². The monoisotopic (exact) mass is 428 g/mol. The SMILES string of the molecule is O=C(NCc1ccc(S(=O)(=O)N2CCOCC2)cc1)c1ccc(Cl)c(Cl)c1. The number of sulfonamides is 1. The van der Waals surface area contributed by atoms with Crippen LogP contribution in [0.3, 0.4) is 0 Å². The summed E-state index contributed by atoms with van der Waals surface area (Å²) in [5, 5.41) is 3.45. The first kappa shape index (κ1) is 20.1. The molecular weight excluding hydrogens is 411 g/mol. The lowest BCUT2D eigenvalue weighted by molar-refractivity contribution is 0.0730. The van der Waals surface area contributed by atoms with Gasteiger partial charge in [-0.1, -0.05) is 35.3 Å². The summed E-state index contributed by atoms with van der Waals surface area (Å²) in [6.07, 6.45) is 0. The number of benzene rings is 2. The molecule has 1 N–H and O–H groups in total. The Morgan fingerprint density at radius 2 is 1.70 bits per heavy atom. The molecule has 0 bridgehead atoms. The molecule has 1 saturated heterocycles. The molecule has 0 spiro atoms. The van der Waals surface area contributed by atoms with Crippen molar-refractivity contribution in [2.75, 3.05) is 26.3 Å². The maximum Gasteiger partial charge on any atom is 0.251 e.